The Labute approximate surface area is 142 Å². The van der Waals surface area contributed by atoms with Crippen molar-refractivity contribution < 1.29 is 9.53 Å². The highest BCUT2D eigenvalue weighted by atomic mass is 16.5. The standard InChI is InChI=1S/C19H23N3O2/c1-15-6-8-16(9-7-15)14-20-19(23)21-17-4-2-3-5-18(17)22-10-12-24-13-11-22/h2-9H,10-14H2,1H3,(H2,20,21,23). The molecule has 1 saturated heterocycles. The maximum absolute atomic E-state index is 12.2. The number of urea groups is 1. The Morgan fingerprint density at radius 2 is 1.79 bits per heavy atom. The predicted molar refractivity (Wildman–Crippen MR) is 96.5 cm³/mol. The van der Waals surface area contributed by atoms with E-state index in [2.05, 4.69) is 15.5 Å². The quantitative estimate of drug-likeness (QED) is 0.908. The number of aryl methyl sites for hydroxylation is 1. The fourth-order valence-electron chi connectivity index (χ4n) is 2.71. The summed E-state index contributed by atoms with van der Waals surface area (Å²) < 4.78 is 5.40. The van der Waals surface area contributed by atoms with E-state index in [1.165, 1.54) is 5.56 Å². The van der Waals surface area contributed by atoms with Crippen molar-refractivity contribution in [3.63, 3.8) is 0 Å². The van der Waals surface area contributed by atoms with E-state index < -0.39 is 0 Å². The smallest absolute Gasteiger partial charge is 0.319 e. The first-order valence-electron chi connectivity index (χ1n) is 8.24. The summed E-state index contributed by atoms with van der Waals surface area (Å²) in [7, 11) is 0. The van der Waals surface area contributed by atoms with Gasteiger partial charge in [-0.05, 0) is 24.6 Å². The number of nitrogens with one attached hydrogen (secondary N) is 2. The number of hydrogen-bond acceptors (Lipinski definition) is 3. The molecule has 0 atom stereocenters. The molecule has 1 aliphatic rings. The van der Waals surface area contributed by atoms with Gasteiger partial charge in [0, 0.05) is 19.6 Å². The first kappa shape index (κ1) is 16.3. The predicted octanol–water partition coefficient (Wildman–Crippen LogP) is 3.15. The van der Waals surface area contributed by atoms with Crippen LogP contribution < -0.4 is 15.5 Å². The molecule has 24 heavy (non-hydrogen) atoms. The van der Waals surface area contributed by atoms with Crippen LogP contribution in [0.25, 0.3) is 0 Å². The molecule has 2 aromatic rings. The number of ether oxygens (including phenoxy) is 1. The summed E-state index contributed by atoms with van der Waals surface area (Å²) in [5, 5.41) is 5.86. The highest BCUT2D eigenvalue weighted by Crippen LogP contribution is 2.26. The number of amides is 2. The molecule has 5 nitrogen and oxygen atoms in total. The van der Waals surface area contributed by atoms with Gasteiger partial charge in [0.25, 0.3) is 0 Å². The number of anilines is 2. The minimum atomic E-state index is -0.198. The number of para-hydroxylation sites is 2. The Morgan fingerprint density at radius 3 is 2.54 bits per heavy atom. The molecule has 1 heterocycles. The molecule has 0 unspecified atom stereocenters. The average molecular weight is 325 g/mol. The molecule has 2 amide bonds. The van der Waals surface area contributed by atoms with Crippen LogP contribution in [0.1, 0.15) is 11.1 Å². The number of carbonyl (C=O) groups is 1. The molecular formula is C19H23N3O2. The van der Waals surface area contributed by atoms with Gasteiger partial charge in [-0.25, -0.2) is 4.79 Å². The Hall–Kier alpha value is -2.53. The summed E-state index contributed by atoms with van der Waals surface area (Å²) in [6.07, 6.45) is 0. The van der Waals surface area contributed by atoms with E-state index in [1.54, 1.807) is 0 Å². The van der Waals surface area contributed by atoms with Gasteiger partial charge >= 0.3 is 6.03 Å². The summed E-state index contributed by atoms with van der Waals surface area (Å²) in [5.41, 5.74) is 4.15. The number of hydrogen-bond donors (Lipinski definition) is 2. The van der Waals surface area contributed by atoms with E-state index in [4.69, 9.17) is 4.74 Å². The summed E-state index contributed by atoms with van der Waals surface area (Å²) in [4.78, 5) is 14.5. The number of morpholine rings is 1. The van der Waals surface area contributed by atoms with Crippen LogP contribution in [-0.4, -0.2) is 32.3 Å². The molecule has 0 spiro atoms. The number of nitrogens with zero attached hydrogens (tertiary/aromatic N) is 1. The highest BCUT2D eigenvalue weighted by molar-refractivity contribution is 5.93. The number of benzene rings is 2. The second-order valence-electron chi connectivity index (χ2n) is 5.91. The monoisotopic (exact) mass is 325 g/mol. The largest absolute Gasteiger partial charge is 0.378 e. The topological polar surface area (TPSA) is 53.6 Å². The van der Waals surface area contributed by atoms with Gasteiger partial charge in [0.05, 0.1) is 24.6 Å². The van der Waals surface area contributed by atoms with Gasteiger partial charge in [-0.1, -0.05) is 42.0 Å². The minimum Gasteiger partial charge on any atom is -0.378 e. The molecule has 3 rings (SSSR count). The lowest BCUT2D eigenvalue weighted by Gasteiger charge is -2.30. The highest BCUT2D eigenvalue weighted by Gasteiger charge is 2.15. The van der Waals surface area contributed by atoms with Crippen molar-refractivity contribution >= 4 is 17.4 Å². The molecule has 5 heteroatoms. The molecule has 0 radical (unpaired) electrons. The Kier molecular flexibility index (Phi) is 5.33. The Morgan fingerprint density at radius 1 is 1.08 bits per heavy atom. The molecule has 0 bridgehead atoms. The third-order valence-electron chi connectivity index (χ3n) is 4.08. The zero-order valence-corrected chi connectivity index (χ0v) is 13.9. The van der Waals surface area contributed by atoms with E-state index in [0.717, 1.165) is 30.0 Å². The summed E-state index contributed by atoms with van der Waals surface area (Å²) in [6.45, 7) is 5.66. The Balaban J connectivity index is 1.60. The van der Waals surface area contributed by atoms with Crippen LogP contribution in [0.3, 0.4) is 0 Å². The normalized spacial score (nSPS) is 14.3. The molecule has 1 aliphatic heterocycles. The third kappa shape index (κ3) is 4.26. The van der Waals surface area contributed by atoms with Gasteiger partial charge in [-0.3, -0.25) is 0 Å². The fourth-order valence-corrected chi connectivity index (χ4v) is 2.71. The second kappa shape index (κ2) is 7.84. The maximum Gasteiger partial charge on any atom is 0.319 e. The van der Waals surface area contributed by atoms with Crippen LogP contribution in [0, 0.1) is 6.92 Å². The Bertz CT molecular complexity index is 679. The fraction of sp³-hybridized carbons (Fsp3) is 0.316. The van der Waals surface area contributed by atoms with Crippen molar-refractivity contribution in [1.82, 2.24) is 5.32 Å². The third-order valence-corrected chi connectivity index (χ3v) is 4.08. The van der Waals surface area contributed by atoms with E-state index in [-0.39, 0.29) is 6.03 Å². The molecule has 1 fully saturated rings. The van der Waals surface area contributed by atoms with Crippen molar-refractivity contribution in [2.24, 2.45) is 0 Å². The second-order valence-corrected chi connectivity index (χ2v) is 5.91. The lowest BCUT2D eigenvalue weighted by atomic mass is 10.1. The van der Waals surface area contributed by atoms with Crippen LogP contribution in [0.2, 0.25) is 0 Å². The van der Waals surface area contributed by atoms with E-state index in [9.17, 15) is 4.79 Å². The zero-order chi connectivity index (χ0) is 16.8. The van der Waals surface area contributed by atoms with Gasteiger partial charge in [0.15, 0.2) is 0 Å². The van der Waals surface area contributed by atoms with Gasteiger partial charge in [-0.2, -0.15) is 0 Å². The molecule has 2 aromatic carbocycles. The van der Waals surface area contributed by atoms with Crippen LogP contribution in [-0.2, 0) is 11.3 Å². The van der Waals surface area contributed by atoms with E-state index >= 15 is 0 Å². The molecule has 0 aliphatic carbocycles. The van der Waals surface area contributed by atoms with Gasteiger partial charge < -0.3 is 20.3 Å². The van der Waals surface area contributed by atoms with Crippen molar-refractivity contribution in [3.05, 3.63) is 59.7 Å². The van der Waals surface area contributed by atoms with Crippen LogP contribution >= 0.6 is 0 Å². The van der Waals surface area contributed by atoms with Crippen LogP contribution in [0.4, 0.5) is 16.2 Å². The summed E-state index contributed by atoms with van der Waals surface area (Å²) in [5.74, 6) is 0. The van der Waals surface area contributed by atoms with Crippen LogP contribution in [0.5, 0.6) is 0 Å². The lowest BCUT2D eigenvalue weighted by molar-refractivity contribution is 0.123. The first-order chi connectivity index (χ1) is 11.7. The van der Waals surface area contributed by atoms with Gasteiger partial charge in [0.1, 0.15) is 0 Å². The molecular weight excluding hydrogens is 302 g/mol. The SMILES string of the molecule is Cc1ccc(CNC(=O)Nc2ccccc2N2CCOCC2)cc1. The van der Waals surface area contributed by atoms with E-state index in [0.29, 0.717) is 19.8 Å². The summed E-state index contributed by atoms with van der Waals surface area (Å²) >= 11 is 0. The van der Waals surface area contributed by atoms with Crippen molar-refractivity contribution in [1.29, 1.82) is 0 Å². The van der Waals surface area contributed by atoms with Crippen molar-refractivity contribution in [2.45, 2.75) is 13.5 Å². The van der Waals surface area contributed by atoms with Gasteiger partial charge in [0.2, 0.25) is 0 Å². The zero-order valence-electron chi connectivity index (χ0n) is 13.9. The molecule has 0 saturated carbocycles. The molecule has 126 valence electrons. The first-order valence-corrected chi connectivity index (χ1v) is 8.24. The van der Waals surface area contributed by atoms with Crippen molar-refractivity contribution in [3.8, 4) is 0 Å². The maximum atomic E-state index is 12.2. The molecule has 0 aromatic heterocycles. The van der Waals surface area contributed by atoms with Gasteiger partial charge in [-0.15, -0.1) is 0 Å². The minimum absolute atomic E-state index is 0.198. The van der Waals surface area contributed by atoms with Crippen LogP contribution in [0.15, 0.2) is 48.5 Å². The van der Waals surface area contributed by atoms with E-state index in [1.807, 2.05) is 55.5 Å². The van der Waals surface area contributed by atoms with Crippen molar-refractivity contribution in [2.75, 3.05) is 36.5 Å². The average Bonchev–Trinajstić information content (AvgIpc) is 2.62. The number of carbonyl (C=O) groups excluding carboxylic acids is 1. The number of rotatable bonds is 4. The lowest BCUT2D eigenvalue weighted by Crippen LogP contribution is -2.37. The summed E-state index contributed by atoms with van der Waals surface area (Å²) in [6, 6.07) is 15.8. The molecule has 2 N–H and O–H groups in total.